The summed E-state index contributed by atoms with van der Waals surface area (Å²) in [5, 5.41) is 13.6. The highest BCUT2D eigenvalue weighted by molar-refractivity contribution is 6.16. The van der Waals surface area contributed by atoms with Crippen molar-refractivity contribution >= 4 is 32.6 Å². The number of aryl methyl sites for hydroxylation is 2. The van der Waals surface area contributed by atoms with Gasteiger partial charge in [0.05, 0.1) is 18.1 Å². The Balaban J connectivity index is 2.33. The molecule has 2 heterocycles. The number of methoxy groups -OCH3 is 1. The predicted molar refractivity (Wildman–Crippen MR) is 91.7 cm³/mol. The van der Waals surface area contributed by atoms with E-state index in [2.05, 4.69) is 41.7 Å². The quantitative estimate of drug-likeness (QED) is 0.532. The molecule has 0 atom stereocenters. The zero-order chi connectivity index (χ0) is 16.1. The van der Waals surface area contributed by atoms with Crippen LogP contribution in [0.15, 0.2) is 36.5 Å². The number of pyridine rings is 1. The van der Waals surface area contributed by atoms with Crippen molar-refractivity contribution in [3.05, 3.63) is 47.8 Å². The molecule has 0 aliphatic carbocycles. The second kappa shape index (κ2) is 4.72. The molecule has 0 amide bonds. The third-order valence-corrected chi connectivity index (χ3v) is 4.58. The maximum Gasteiger partial charge on any atom is 0.148 e. The van der Waals surface area contributed by atoms with Crippen molar-refractivity contribution in [3.8, 4) is 11.8 Å². The Labute approximate surface area is 133 Å². The number of nitrogens with zero attached hydrogens (tertiary/aromatic N) is 3. The summed E-state index contributed by atoms with van der Waals surface area (Å²) >= 11 is 0. The van der Waals surface area contributed by atoms with Gasteiger partial charge in [0.15, 0.2) is 0 Å². The third-order valence-electron chi connectivity index (χ3n) is 4.58. The van der Waals surface area contributed by atoms with Crippen LogP contribution >= 0.6 is 0 Å². The second-order valence-electron chi connectivity index (χ2n) is 5.68. The Morgan fingerprint density at radius 1 is 1.09 bits per heavy atom. The van der Waals surface area contributed by atoms with Gasteiger partial charge < -0.3 is 9.30 Å². The van der Waals surface area contributed by atoms with Crippen LogP contribution in [-0.4, -0.2) is 16.7 Å². The summed E-state index contributed by atoms with van der Waals surface area (Å²) in [5.41, 5.74) is 3.84. The normalized spacial score (nSPS) is 11.2. The van der Waals surface area contributed by atoms with Crippen molar-refractivity contribution in [2.45, 2.75) is 6.92 Å². The number of ether oxygens (including phenoxy) is 1. The molecule has 0 aliphatic heterocycles. The fourth-order valence-electron chi connectivity index (χ4n) is 3.58. The van der Waals surface area contributed by atoms with Crippen molar-refractivity contribution in [1.29, 1.82) is 5.26 Å². The summed E-state index contributed by atoms with van der Waals surface area (Å²) in [6, 6.07) is 12.3. The molecule has 0 bridgehead atoms. The van der Waals surface area contributed by atoms with Crippen LogP contribution in [0.3, 0.4) is 0 Å². The van der Waals surface area contributed by atoms with Gasteiger partial charge in [0.2, 0.25) is 0 Å². The van der Waals surface area contributed by atoms with E-state index in [0.29, 0.717) is 5.69 Å². The SMILES string of the molecule is COc1cccc2c3cc4c(C#N)nccc4c(C)c3n(C)c12. The van der Waals surface area contributed by atoms with Gasteiger partial charge in [0.25, 0.3) is 0 Å². The first-order valence-electron chi connectivity index (χ1n) is 7.41. The molecule has 4 nitrogen and oxygen atoms in total. The first kappa shape index (κ1) is 13.6. The standard InChI is InChI=1S/C19H15N3O/c1-11-12-7-8-21-16(10-20)14(12)9-15-13-5-4-6-17(23-3)19(13)22(2)18(11)15/h4-9H,1-3H3. The largest absolute Gasteiger partial charge is 0.495 e. The summed E-state index contributed by atoms with van der Waals surface area (Å²) in [5.74, 6) is 0.850. The molecule has 0 fully saturated rings. The van der Waals surface area contributed by atoms with Crippen LogP contribution in [0.1, 0.15) is 11.3 Å². The van der Waals surface area contributed by atoms with E-state index in [0.717, 1.165) is 43.9 Å². The number of aromatic nitrogens is 2. The smallest absolute Gasteiger partial charge is 0.148 e. The number of benzene rings is 2. The highest BCUT2D eigenvalue weighted by Gasteiger charge is 2.17. The van der Waals surface area contributed by atoms with E-state index < -0.39 is 0 Å². The maximum absolute atomic E-state index is 9.36. The van der Waals surface area contributed by atoms with Crippen molar-refractivity contribution < 1.29 is 4.74 Å². The lowest BCUT2D eigenvalue weighted by Crippen LogP contribution is -1.94. The molecular formula is C19H15N3O. The summed E-state index contributed by atoms with van der Waals surface area (Å²) in [6.07, 6.45) is 1.70. The van der Waals surface area contributed by atoms with Crippen LogP contribution in [0.4, 0.5) is 0 Å². The lowest BCUT2D eigenvalue weighted by atomic mass is 10.0. The molecule has 4 rings (SSSR count). The van der Waals surface area contributed by atoms with Crippen molar-refractivity contribution in [1.82, 2.24) is 9.55 Å². The minimum absolute atomic E-state index is 0.465. The van der Waals surface area contributed by atoms with Gasteiger partial charge in [-0.15, -0.1) is 0 Å². The summed E-state index contributed by atoms with van der Waals surface area (Å²) in [4.78, 5) is 4.20. The van der Waals surface area contributed by atoms with Crippen LogP contribution in [0, 0.1) is 18.3 Å². The van der Waals surface area contributed by atoms with Gasteiger partial charge in [-0.05, 0) is 36.1 Å². The molecule has 0 spiro atoms. The number of hydrogen-bond acceptors (Lipinski definition) is 3. The van der Waals surface area contributed by atoms with Crippen molar-refractivity contribution in [2.75, 3.05) is 7.11 Å². The number of para-hydroxylation sites is 1. The summed E-state index contributed by atoms with van der Waals surface area (Å²) in [6.45, 7) is 2.09. The summed E-state index contributed by atoms with van der Waals surface area (Å²) in [7, 11) is 3.74. The third kappa shape index (κ3) is 1.68. The number of hydrogen-bond donors (Lipinski definition) is 0. The van der Waals surface area contributed by atoms with Gasteiger partial charge in [-0.2, -0.15) is 5.26 Å². The Morgan fingerprint density at radius 3 is 2.65 bits per heavy atom. The van der Waals surface area contributed by atoms with Gasteiger partial charge >= 0.3 is 0 Å². The molecule has 0 saturated heterocycles. The van der Waals surface area contributed by atoms with Crippen LogP contribution in [0.25, 0.3) is 32.6 Å². The first-order chi connectivity index (χ1) is 11.2. The van der Waals surface area contributed by atoms with E-state index in [1.54, 1.807) is 13.3 Å². The maximum atomic E-state index is 9.36. The van der Waals surface area contributed by atoms with E-state index in [1.807, 2.05) is 18.2 Å². The Kier molecular flexibility index (Phi) is 2.79. The first-order valence-corrected chi connectivity index (χ1v) is 7.41. The fourth-order valence-corrected chi connectivity index (χ4v) is 3.58. The molecule has 112 valence electrons. The van der Waals surface area contributed by atoms with Gasteiger partial charge in [0, 0.05) is 29.4 Å². The number of rotatable bonds is 1. The van der Waals surface area contributed by atoms with E-state index in [-0.39, 0.29) is 0 Å². The number of fused-ring (bicyclic) bond motifs is 4. The molecule has 0 N–H and O–H groups in total. The van der Waals surface area contributed by atoms with Crippen LogP contribution in [0.2, 0.25) is 0 Å². The van der Waals surface area contributed by atoms with Gasteiger partial charge in [-0.3, -0.25) is 0 Å². The predicted octanol–water partition coefficient (Wildman–Crippen LogP) is 4.07. The minimum Gasteiger partial charge on any atom is -0.495 e. The molecule has 0 unspecified atom stereocenters. The lowest BCUT2D eigenvalue weighted by molar-refractivity contribution is 0.418. The van der Waals surface area contributed by atoms with Gasteiger partial charge in [-0.25, -0.2) is 4.98 Å². The molecule has 23 heavy (non-hydrogen) atoms. The van der Waals surface area contributed by atoms with E-state index >= 15 is 0 Å². The molecule has 4 aromatic rings. The van der Waals surface area contributed by atoms with Crippen molar-refractivity contribution in [3.63, 3.8) is 0 Å². The summed E-state index contributed by atoms with van der Waals surface area (Å²) < 4.78 is 7.71. The lowest BCUT2D eigenvalue weighted by Gasteiger charge is -2.08. The average Bonchev–Trinajstić information content (AvgIpc) is 2.88. The number of nitriles is 1. The molecule has 2 aromatic heterocycles. The van der Waals surface area contributed by atoms with E-state index in [1.165, 1.54) is 0 Å². The van der Waals surface area contributed by atoms with Crippen LogP contribution in [-0.2, 0) is 7.05 Å². The highest BCUT2D eigenvalue weighted by Crippen LogP contribution is 2.38. The van der Waals surface area contributed by atoms with Gasteiger partial charge in [-0.1, -0.05) is 12.1 Å². The van der Waals surface area contributed by atoms with Gasteiger partial charge in [0.1, 0.15) is 17.5 Å². The van der Waals surface area contributed by atoms with E-state index in [9.17, 15) is 5.26 Å². The molecule has 4 heteroatoms. The van der Waals surface area contributed by atoms with Crippen molar-refractivity contribution in [2.24, 2.45) is 7.05 Å². The monoisotopic (exact) mass is 301 g/mol. The average molecular weight is 301 g/mol. The second-order valence-corrected chi connectivity index (χ2v) is 5.68. The zero-order valence-electron chi connectivity index (χ0n) is 13.2. The Hall–Kier alpha value is -3.06. The topological polar surface area (TPSA) is 50.8 Å². The Morgan fingerprint density at radius 2 is 1.91 bits per heavy atom. The highest BCUT2D eigenvalue weighted by atomic mass is 16.5. The van der Waals surface area contributed by atoms with Crippen LogP contribution < -0.4 is 4.74 Å². The molecule has 2 aromatic carbocycles. The Bertz CT molecular complexity index is 1130. The zero-order valence-corrected chi connectivity index (χ0v) is 13.2. The molecule has 0 aliphatic rings. The fraction of sp³-hybridized carbons (Fsp3) is 0.158. The molecular weight excluding hydrogens is 286 g/mol. The molecule has 0 radical (unpaired) electrons. The van der Waals surface area contributed by atoms with Crippen LogP contribution in [0.5, 0.6) is 5.75 Å². The van der Waals surface area contributed by atoms with E-state index in [4.69, 9.17) is 4.74 Å². The minimum atomic E-state index is 0.465. The molecule has 0 saturated carbocycles.